The zero-order valence-corrected chi connectivity index (χ0v) is 12.8. The first kappa shape index (κ1) is 14.0. The molecule has 0 N–H and O–H groups in total. The second-order valence-corrected chi connectivity index (χ2v) is 5.52. The second kappa shape index (κ2) is 5.78. The Morgan fingerprint density at radius 3 is 2.38 bits per heavy atom. The van der Waals surface area contributed by atoms with Crippen molar-refractivity contribution >= 4 is 0 Å². The van der Waals surface area contributed by atoms with Crippen molar-refractivity contribution in [2.75, 3.05) is 21.3 Å². The van der Waals surface area contributed by atoms with Gasteiger partial charge in [0.1, 0.15) is 0 Å². The maximum atomic E-state index is 5.43. The monoisotopic (exact) mass is 283 g/mol. The highest BCUT2D eigenvalue weighted by Crippen LogP contribution is 2.36. The van der Waals surface area contributed by atoms with Crippen molar-refractivity contribution in [2.45, 2.75) is 19.0 Å². The van der Waals surface area contributed by atoms with Gasteiger partial charge in [-0.3, -0.25) is 4.90 Å². The average Bonchev–Trinajstić information content (AvgIpc) is 2.53. The topological polar surface area (TPSA) is 21.7 Å². The Hall–Kier alpha value is -2.00. The van der Waals surface area contributed by atoms with E-state index in [1.807, 2.05) is 6.07 Å². The van der Waals surface area contributed by atoms with Crippen LogP contribution >= 0.6 is 0 Å². The number of benzene rings is 2. The first-order valence-electron chi connectivity index (χ1n) is 7.22. The van der Waals surface area contributed by atoms with Crippen LogP contribution in [0.15, 0.2) is 42.5 Å². The molecule has 0 amide bonds. The predicted molar refractivity (Wildman–Crippen MR) is 83.9 cm³/mol. The zero-order valence-electron chi connectivity index (χ0n) is 12.8. The van der Waals surface area contributed by atoms with Crippen molar-refractivity contribution in [2.24, 2.45) is 0 Å². The summed E-state index contributed by atoms with van der Waals surface area (Å²) in [5.74, 6) is 1.57. The Kier molecular flexibility index (Phi) is 3.84. The van der Waals surface area contributed by atoms with Crippen molar-refractivity contribution in [3.05, 3.63) is 59.2 Å². The molecule has 0 saturated heterocycles. The van der Waals surface area contributed by atoms with E-state index in [9.17, 15) is 0 Å². The summed E-state index contributed by atoms with van der Waals surface area (Å²) in [5, 5.41) is 0. The summed E-state index contributed by atoms with van der Waals surface area (Å²) in [4.78, 5) is 2.39. The number of hydrogen-bond acceptors (Lipinski definition) is 3. The van der Waals surface area contributed by atoms with E-state index in [1.54, 1.807) is 14.2 Å². The minimum atomic E-state index is 0.375. The van der Waals surface area contributed by atoms with Gasteiger partial charge in [-0.2, -0.15) is 0 Å². The smallest absolute Gasteiger partial charge is 0.161 e. The van der Waals surface area contributed by atoms with Crippen molar-refractivity contribution in [1.82, 2.24) is 4.90 Å². The number of rotatable bonds is 3. The molecule has 0 radical (unpaired) electrons. The molecule has 1 aliphatic heterocycles. The maximum absolute atomic E-state index is 5.43. The van der Waals surface area contributed by atoms with Gasteiger partial charge in [0.25, 0.3) is 0 Å². The third kappa shape index (κ3) is 2.61. The summed E-state index contributed by atoms with van der Waals surface area (Å²) in [6.45, 7) is 0.981. The van der Waals surface area contributed by atoms with Gasteiger partial charge < -0.3 is 9.47 Å². The van der Waals surface area contributed by atoms with Crippen LogP contribution in [-0.4, -0.2) is 26.2 Å². The lowest BCUT2D eigenvalue weighted by Crippen LogP contribution is -2.30. The van der Waals surface area contributed by atoms with Gasteiger partial charge in [-0.1, -0.05) is 30.3 Å². The van der Waals surface area contributed by atoms with Crippen molar-refractivity contribution < 1.29 is 9.47 Å². The van der Waals surface area contributed by atoms with E-state index < -0.39 is 0 Å². The van der Waals surface area contributed by atoms with Crippen LogP contribution in [-0.2, 0) is 13.0 Å². The molecule has 0 fully saturated rings. The minimum Gasteiger partial charge on any atom is -0.493 e. The SMILES string of the molecule is COc1ccc(C2Cc3ccccc3CN2C)cc1OC. The quantitative estimate of drug-likeness (QED) is 0.861. The fourth-order valence-electron chi connectivity index (χ4n) is 3.09. The molecule has 0 bridgehead atoms. The van der Waals surface area contributed by atoms with Crippen molar-refractivity contribution in [3.63, 3.8) is 0 Å². The van der Waals surface area contributed by atoms with Crippen LogP contribution in [0.2, 0.25) is 0 Å². The van der Waals surface area contributed by atoms with Gasteiger partial charge >= 0.3 is 0 Å². The molecule has 1 heterocycles. The molecule has 2 aromatic carbocycles. The van der Waals surface area contributed by atoms with Gasteiger partial charge in [-0.05, 0) is 42.3 Å². The van der Waals surface area contributed by atoms with Gasteiger partial charge in [0.05, 0.1) is 14.2 Å². The van der Waals surface area contributed by atoms with Gasteiger partial charge in [0, 0.05) is 12.6 Å². The van der Waals surface area contributed by atoms with E-state index in [2.05, 4.69) is 48.3 Å². The molecule has 3 nitrogen and oxygen atoms in total. The lowest BCUT2D eigenvalue weighted by atomic mass is 9.90. The molecule has 0 saturated carbocycles. The van der Waals surface area contributed by atoms with E-state index in [-0.39, 0.29) is 0 Å². The first-order chi connectivity index (χ1) is 10.2. The van der Waals surface area contributed by atoms with E-state index in [1.165, 1.54) is 16.7 Å². The van der Waals surface area contributed by atoms with Crippen LogP contribution in [0.1, 0.15) is 22.7 Å². The normalized spacial score (nSPS) is 18.1. The molecule has 21 heavy (non-hydrogen) atoms. The molecule has 1 aliphatic rings. The highest BCUT2D eigenvalue weighted by Gasteiger charge is 2.25. The van der Waals surface area contributed by atoms with Crippen LogP contribution in [0.3, 0.4) is 0 Å². The number of nitrogens with zero attached hydrogens (tertiary/aromatic N) is 1. The molecule has 0 aliphatic carbocycles. The molecule has 3 heteroatoms. The Balaban J connectivity index is 1.94. The van der Waals surface area contributed by atoms with Crippen molar-refractivity contribution in [3.8, 4) is 11.5 Å². The predicted octanol–water partition coefficient (Wildman–Crippen LogP) is 3.43. The standard InChI is InChI=1S/C18H21NO2/c1-19-12-15-7-5-4-6-13(15)10-16(19)14-8-9-17(20-2)18(11-14)21-3/h4-9,11,16H,10,12H2,1-3H3. The molecule has 110 valence electrons. The largest absolute Gasteiger partial charge is 0.493 e. The molecule has 3 rings (SSSR count). The van der Waals surface area contributed by atoms with Crippen LogP contribution in [0.5, 0.6) is 11.5 Å². The van der Waals surface area contributed by atoms with E-state index in [0.29, 0.717) is 6.04 Å². The number of hydrogen-bond donors (Lipinski definition) is 0. The number of fused-ring (bicyclic) bond motifs is 1. The Morgan fingerprint density at radius 1 is 0.952 bits per heavy atom. The number of methoxy groups -OCH3 is 2. The Labute approximate surface area is 126 Å². The van der Waals surface area contributed by atoms with Gasteiger partial charge in [0.2, 0.25) is 0 Å². The van der Waals surface area contributed by atoms with E-state index >= 15 is 0 Å². The summed E-state index contributed by atoms with van der Waals surface area (Å²) in [5.41, 5.74) is 4.14. The van der Waals surface area contributed by atoms with Crippen LogP contribution < -0.4 is 9.47 Å². The molecule has 1 unspecified atom stereocenters. The Bertz CT molecular complexity index is 639. The minimum absolute atomic E-state index is 0.375. The van der Waals surface area contributed by atoms with Crippen molar-refractivity contribution in [1.29, 1.82) is 0 Å². The lowest BCUT2D eigenvalue weighted by Gasteiger charge is -2.34. The second-order valence-electron chi connectivity index (χ2n) is 5.52. The summed E-state index contributed by atoms with van der Waals surface area (Å²) in [7, 11) is 5.53. The third-order valence-corrected chi connectivity index (χ3v) is 4.28. The zero-order chi connectivity index (χ0) is 14.8. The summed E-state index contributed by atoms with van der Waals surface area (Å²) < 4.78 is 10.8. The molecular formula is C18H21NO2. The molecular weight excluding hydrogens is 262 g/mol. The number of likely N-dealkylation sites (N-methyl/N-ethyl adjacent to an activating group) is 1. The lowest BCUT2D eigenvalue weighted by molar-refractivity contribution is 0.217. The molecule has 0 spiro atoms. The van der Waals surface area contributed by atoms with E-state index in [0.717, 1.165) is 24.5 Å². The van der Waals surface area contributed by atoms with Crippen LogP contribution in [0.4, 0.5) is 0 Å². The first-order valence-corrected chi connectivity index (χ1v) is 7.22. The van der Waals surface area contributed by atoms with Gasteiger partial charge in [-0.25, -0.2) is 0 Å². The summed E-state index contributed by atoms with van der Waals surface area (Å²) >= 11 is 0. The summed E-state index contributed by atoms with van der Waals surface area (Å²) in [6, 6.07) is 15.3. The van der Waals surface area contributed by atoms with Gasteiger partial charge in [-0.15, -0.1) is 0 Å². The Morgan fingerprint density at radius 2 is 1.67 bits per heavy atom. The fourth-order valence-corrected chi connectivity index (χ4v) is 3.09. The number of ether oxygens (including phenoxy) is 2. The molecule has 0 aromatic heterocycles. The fraction of sp³-hybridized carbons (Fsp3) is 0.333. The molecule has 1 atom stereocenters. The highest BCUT2D eigenvalue weighted by atomic mass is 16.5. The highest BCUT2D eigenvalue weighted by molar-refractivity contribution is 5.45. The van der Waals surface area contributed by atoms with Crippen LogP contribution in [0.25, 0.3) is 0 Å². The van der Waals surface area contributed by atoms with Gasteiger partial charge in [0.15, 0.2) is 11.5 Å². The maximum Gasteiger partial charge on any atom is 0.161 e. The van der Waals surface area contributed by atoms with E-state index in [4.69, 9.17) is 9.47 Å². The third-order valence-electron chi connectivity index (χ3n) is 4.28. The average molecular weight is 283 g/mol. The van der Waals surface area contributed by atoms with Crippen LogP contribution in [0, 0.1) is 0 Å². The molecule has 2 aromatic rings. The summed E-state index contributed by atoms with van der Waals surface area (Å²) in [6.07, 6.45) is 1.03.